The molecule has 0 aliphatic carbocycles. The van der Waals surface area contributed by atoms with E-state index in [-0.39, 0.29) is 5.60 Å². The predicted octanol–water partition coefficient (Wildman–Crippen LogP) is 1.31. The summed E-state index contributed by atoms with van der Waals surface area (Å²) in [6, 6.07) is 18.4. The first-order chi connectivity index (χ1) is 17.5. The van der Waals surface area contributed by atoms with Gasteiger partial charge in [0.15, 0.2) is 7.85 Å². The van der Waals surface area contributed by atoms with E-state index in [2.05, 4.69) is 63.3 Å². The van der Waals surface area contributed by atoms with E-state index in [1.54, 1.807) is 0 Å². The molecule has 0 radical (unpaired) electrons. The van der Waals surface area contributed by atoms with E-state index in [0.29, 0.717) is 17.6 Å². The molecule has 0 bridgehead atoms. The second-order valence-corrected chi connectivity index (χ2v) is 11.0. The number of benzene rings is 2. The highest BCUT2D eigenvalue weighted by Gasteiger charge is 2.46. The second kappa shape index (κ2) is 8.20. The van der Waals surface area contributed by atoms with Crippen LogP contribution >= 0.6 is 0 Å². The van der Waals surface area contributed by atoms with Gasteiger partial charge < -0.3 is 19.9 Å². The lowest BCUT2D eigenvalue weighted by atomic mass is 9.91. The van der Waals surface area contributed by atoms with Crippen molar-refractivity contribution in [2.24, 2.45) is 0 Å². The van der Waals surface area contributed by atoms with E-state index >= 15 is 0 Å². The van der Waals surface area contributed by atoms with Crippen LogP contribution in [0.25, 0.3) is 10.9 Å². The van der Waals surface area contributed by atoms with Crippen LogP contribution in [0.5, 0.6) is 0 Å². The van der Waals surface area contributed by atoms with Gasteiger partial charge in [0.1, 0.15) is 11.7 Å². The van der Waals surface area contributed by atoms with Crippen LogP contribution in [0.2, 0.25) is 0 Å². The smallest absolute Gasteiger partial charge is 0.163 e. The molecule has 0 unspecified atom stereocenters. The first kappa shape index (κ1) is 22.1. The molecule has 1 aromatic heterocycles. The standard InChI is InChI=1S/C28H31BN6O/c1-18-12-33(24-6-2-19(11-30)27-23(24)5-7-26(29)32-27)14-25-22-4-3-21(10-20(22)13-35(18)25)34-16-28(17-34)15-31-8-9-36-28/h2-7,10,18,25,31H,8-9,12-17,29H2,1H3/t18-,25-/m1/s1. The molecule has 5 heterocycles. The number of piperazine rings is 1. The first-order valence-electron chi connectivity index (χ1n) is 13.1. The summed E-state index contributed by atoms with van der Waals surface area (Å²) in [6.07, 6.45) is 0. The third-order valence-electron chi connectivity index (χ3n) is 8.57. The van der Waals surface area contributed by atoms with Gasteiger partial charge in [0.2, 0.25) is 0 Å². The molecule has 0 amide bonds. The lowest BCUT2D eigenvalue weighted by Crippen LogP contribution is -2.69. The van der Waals surface area contributed by atoms with Crippen molar-refractivity contribution in [2.75, 3.05) is 55.7 Å². The van der Waals surface area contributed by atoms with Gasteiger partial charge in [0, 0.05) is 55.5 Å². The Kier molecular flexibility index (Phi) is 5.04. The number of rotatable bonds is 2. The van der Waals surface area contributed by atoms with E-state index < -0.39 is 0 Å². The molecule has 8 heteroatoms. The number of hydrogen-bond acceptors (Lipinski definition) is 7. The van der Waals surface area contributed by atoms with Crippen LogP contribution in [0, 0.1) is 11.3 Å². The number of aromatic nitrogens is 1. The molecule has 3 fully saturated rings. The molecule has 1 spiro atoms. The molecular formula is C28H31BN6O. The summed E-state index contributed by atoms with van der Waals surface area (Å²) in [4.78, 5) is 12.3. The van der Waals surface area contributed by atoms with Gasteiger partial charge in [-0.15, -0.1) is 0 Å². The monoisotopic (exact) mass is 478 g/mol. The van der Waals surface area contributed by atoms with Crippen LogP contribution in [-0.2, 0) is 11.3 Å². The van der Waals surface area contributed by atoms with Crippen molar-refractivity contribution in [3.05, 3.63) is 59.2 Å². The van der Waals surface area contributed by atoms with E-state index in [9.17, 15) is 5.26 Å². The largest absolute Gasteiger partial charge is 0.369 e. The molecule has 7 nitrogen and oxygen atoms in total. The fourth-order valence-electron chi connectivity index (χ4n) is 6.71. The van der Waals surface area contributed by atoms with E-state index in [4.69, 9.17) is 9.72 Å². The van der Waals surface area contributed by atoms with Crippen molar-refractivity contribution in [1.29, 1.82) is 5.26 Å². The van der Waals surface area contributed by atoms with Crippen molar-refractivity contribution in [3.8, 4) is 6.07 Å². The lowest BCUT2D eigenvalue weighted by molar-refractivity contribution is -0.0828. The Hall–Kier alpha value is -3.12. The summed E-state index contributed by atoms with van der Waals surface area (Å²) >= 11 is 0. The topological polar surface area (TPSA) is 67.7 Å². The number of pyridine rings is 1. The summed E-state index contributed by atoms with van der Waals surface area (Å²) in [7, 11) is 1.98. The maximum atomic E-state index is 9.63. The maximum Gasteiger partial charge on any atom is 0.163 e. The Morgan fingerprint density at radius 1 is 1.14 bits per heavy atom. The van der Waals surface area contributed by atoms with Gasteiger partial charge in [0.05, 0.1) is 36.8 Å². The lowest BCUT2D eigenvalue weighted by Gasteiger charge is -2.52. The van der Waals surface area contributed by atoms with Gasteiger partial charge in [-0.05, 0) is 54.0 Å². The number of nitrogens with one attached hydrogen (secondary N) is 1. The molecule has 3 saturated heterocycles. The fraction of sp³-hybridized carbons (Fsp3) is 0.429. The van der Waals surface area contributed by atoms with Crippen molar-refractivity contribution in [2.45, 2.75) is 31.2 Å². The highest BCUT2D eigenvalue weighted by molar-refractivity contribution is 6.31. The minimum Gasteiger partial charge on any atom is -0.369 e. The normalized spacial score (nSPS) is 24.9. The van der Waals surface area contributed by atoms with E-state index in [1.165, 1.54) is 22.5 Å². The Balaban J connectivity index is 1.16. The molecule has 1 N–H and O–H groups in total. The fourth-order valence-corrected chi connectivity index (χ4v) is 6.71. The van der Waals surface area contributed by atoms with Crippen molar-refractivity contribution in [1.82, 2.24) is 15.2 Å². The summed E-state index contributed by atoms with van der Waals surface area (Å²) in [5.41, 5.74) is 7.80. The quantitative estimate of drug-likeness (QED) is 0.558. The van der Waals surface area contributed by atoms with Crippen LogP contribution < -0.4 is 20.7 Å². The van der Waals surface area contributed by atoms with Crippen LogP contribution in [0.3, 0.4) is 0 Å². The molecule has 36 heavy (non-hydrogen) atoms. The van der Waals surface area contributed by atoms with Crippen molar-refractivity contribution >= 4 is 35.7 Å². The minimum atomic E-state index is 0.00103. The molecule has 4 aliphatic heterocycles. The maximum absolute atomic E-state index is 9.63. The number of hydrogen-bond donors (Lipinski definition) is 1. The molecule has 4 aliphatic rings. The third kappa shape index (κ3) is 3.41. The summed E-state index contributed by atoms with van der Waals surface area (Å²) in [5.74, 6) is 0. The number of fused-ring (bicyclic) bond motifs is 4. The van der Waals surface area contributed by atoms with E-state index in [1.807, 2.05) is 20.0 Å². The Morgan fingerprint density at radius 3 is 2.83 bits per heavy atom. The molecule has 7 rings (SSSR count). The zero-order chi connectivity index (χ0) is 24.4. The van der Waals surface area contributed by atoms with Gasteiger partial charge in [-0.3, -0.25) is 9.88 Å². The number of ether oxygens (including phenoxy) is 1. The Labute approximate surface area is 213 Å². The van der Waals surface area contributed by atoms with Gasteiger partial charge in [-0.1, -0.05) is 12.1 Å². The molecule has 2 atom stereocenters. The summed E-state index contributed by atoms with van der Waals surface area (Å²) in [5, 5.41) is 14.2. The Morgan fingerprint density at radius 2 is 2.03 bits per heavy atom. The van der Waals surface area contributed by atoms with Crippen LogP contribution in [0.1, 0.15) is 29.7 Å². The molecule has 3 aromatic rings. The second-order valence-electron chi connectivity index (χ2n) is 11.0. The number of morpholine rings is 1. The summed E-state index contributed by atoms with van der Waals surface area (Å²) in [6.45, 7) is 9.92. The first-order valence-corrected chi connectivity index (χ1v) is 13.1. The SMILES string of the molecule is Bc1ccc2c(N3C[C@@H](C)N4Cc5cc(N6CC7(CNCCO7)C6)ccc5[C@H]4C3)ccc(C#N)c2n1. The predicted molar refractivity (Wildman–Crippen MR) is 145 cm³/mol. The highest BCUT2D eigenvalue weighted by Crippen LogP contribution is 2.43. The van der Waals surface area contributed by atoms with Gasteiger partial charge >= 0.3 is 0 Å². The third-order valence-corrected chi connectivity index (χ3v) is 8.57. The number of nitrogens with zero attached hydrogens (tertiary/aromatic N) is 5. The van der Waals surface area contributed by atoms with Gasteiger partial charge in [-0.2, -0.15) is 5.26 Å². The van der Waals surface area contributed by atoms with Gasteiger partial charge in [0.25, 0.3) is 0 Å². The van der Waals surface area contributed by atoms with Gasteiger partial charge in [-0.25, -0.2) is 0 Å². The summed E-state index contributed by atoms with van der Waals surface area (Å²) < 4.78 is 6.10. The van der Waals surface area contributed by atoms with E-state index in [0.717, 1.165) is 68.9 Å². The van der Waals surface area contributed by atoms with Crippen LogP contribution in [0.15, 0.2) is 42.5 Å². The molecular weight excluding hydrogens is 447 g/mol. The molecule has 0 saturated carbocycles. The van der Waals surface area contributed by atoms with Crippen molar-refractivity contribution < 1.29 is 4.74 Å². The zero-order valence-electron chi connectivity index (χ0n) is 21.0. The number of nitriles is 1. The van der Waals surface area contributed by atoms with Crippen LogP contribution in [-0.4, -0.2) is 75.2 Å². The average molecular weight is 478 g/mol. The Bertz CT molecular complexity index is 1390. The minimum absolute atomic E-state index is 0.00103. The molecule has 182 valence electrons. The zero-order valence-corrected chi connectivity index (χ0v) is 21.0. The average Bonchev–Trinajstić information content (AvgIpc) is 3.25. The van der Waals surface area contributed by atoms with Crippen molar-refractivity contribution in [3.63, 3.8) is 0 Å². The molecule has 2 aromatic carbocycles. The number of anilines is 2. The van der Waals surface area contributed by atoms with Crippen LogP contribution in [0.4, 0.5) is 11.4 Å². The highest BCUT2D eigenvalue weighted by atomic mass is 16.5.